The van der Waals surface area contributed by atoms with Crippen LogP contribution >= 0.6 is 0 Å². The van der Waals surface area contributed by atoms with E-state index >= 15 is 0 Å². The number of carboxylic acid groups (broad SMARTS) is 1. The van der Waals surface area contributed by atoms with Crippen molar-refractivity contribution in [3.05, 3.63) is 94.8 Å². The molecule has 0 spiro atoms. The highest BCUT2D eigenvalue weighted by Gasteiger charge is 2.52. The van der Waals surface area contributed by atoms with Gasteiger partial charge in [-0.2, -0.15) is 13.2 Å². The van der Waals surface area contributed by atoms with Crippen LogP contribution in [0, 0.1) is 5.82 Å². The Kier molecular flexibility index (Phi) is 6.09. The zero-order valence-corrected chi connectivity index (χ0v) is 19.5. The molecule has 1 saturated heterocycles. The van der Waals surface area contributed by atoms with Crippen molar-refractivity contribution in [3.8, 4) is 11.1 Å². The van der Waals surface area contributed by atoms with Crippen molar-refractivity contribution >= 4 is 5.97 Å². The van der Waals surface area contributed by atoms with Gasteiger partial charge in [0.1, 0.15) is 5.82 Å². The minimum Gasteiger partial charge on any atom is -0.481 e. The Morgan fingerprint density at radius 3 is 2.08 bits per heavy atom. The first-order chi connectivity index (χ1) is 17.4. The number of halogens is 6. The first-order valence-corrected chi connectivity index (χ1v) is 11.8. The summed E-state index contributed by atoms with van der Waals surface area (Å²) in [6.45, 7) is -0.482. The molecule has 3 aromatic carbocycles. The van der Waals surface area contributed by atoms with Gasteiger partial charge in [0, 0.05) is 13.0 Å². The van der Waals surface area contributed by atoms with Gasteiger partial charge in [-0.05, 0) is 71.0 Å². The Morgan fingerprint density at radius 1 is 0.919 bits per heavy atom. The van der Waals surface area contributed by atoms with Crippen molar-refractivity contribution in [1.29, 1.82) is 0 Å². The second-order valence-electron chi connectivity index (χ2n) is 9.79. The molecule has 0 amide bonds. The molecule has 3 aromatic rings. The Labute approximate surface area is 209 Å². The first-order valence-electron chi connectivity index (χ1n) is 11.8. The summed E-state index contributed by atoms with van der Waals surface area (Å²) in [7, 11) is 0. The molecule has 37 heavy (non-hydrogen) atoms. The van der Waals surface area contributed by atoms with Gasteiger partial charge < -0.3 is 5.11 Å². The average Bonchev–Trinajstić information content (AvgIpc) is 3.59. The highest BCUT2D eigenvalue weighted by molar-refractivity contribution is 5.86. The predicted molar refractivity (Wildman–Crippen MR) is 125 cm³/mol. The van der Waals surface area contributed by atoms with E-state index in [-0.39, 0.29) is 13.0 Å². The molecule has 2 fully saturated rings. The molecule has 1 heterocycles. The standard InChI is InChI=1S/C28H23F6NO2/c29-21-8-3-18(4-9-21)24(35-14-13-27(30,31)16-35)22-10-7-20(26(11-12-26)25(36)37)15-23(22)17-1-5-19(6-2-17)28(32,33)34/h1-10,15,24H,11-14,16H2,(H,36,37). The number of rotatable bonds is 6. The van der Waals surface area contributed by atoms with Crippen LogP contribution in [0.3, 0.4) is 0 Å². The summed E-state index contributed by atoms with van der Waals surface area (Å²) >= 11 is 0. The topological polar surface area (TPSA) is 40.5 Å². The number of carboxylic acids is 1. The molecule has 194 valence electrons. The van der Waals surface area contributed by atoms with Gasteiger partial charge in [-0.15, -0.1) is 0 Å². The van der Waals surface area contributed by atoms with Crippen LogP contribution < -0.4 is 0 Å². The molecule has 2 aliphatic rings. The van der Waals surface area contributed by atoms with E-state index in [9.17, 15) is 36.2 Å². The fraction of sp³-hybridized carbons (Fsp3) is 0.321. The second kappa shape index (κ2) is 8.90. The van der Waals surface area contributed by atoms with Gasteiger partial charge in [-0.1, -0.05) is 36.4 Å². The molecule has 1 atom stereocenters. The van der Waals surface area contributed by atoms with E-state index in [1.165, 1.54) is 36.4 Å². The van der Waals surface area contributed by atoms with Gasteiger partial charge in [-0.3, -0.25) is 9.69 Å². The SMILES string of the molecule is O=C(O)C1(c2ccc(C(c3ccc(F)cc3)N3CCC(F)(F)C3)c(-c3ccc(C(F)(F)F)cc3)c2)CC1. The lowest BCUT2D eigenvalue weighted by Gasteiger charge is -2.31. The van der Waals surface area contributed by atoms with E-state index in [0.717, 1.165) is 12.1 Å². The highest BCUT2D eigenvalue weighted by atomic mass is 19.4. The highest BCUT2D eigenvalue weighted by Crippen LogP contribution is 2.50. The van der Waals surface area contributed by atoms with Crippen LogP contribution in [0.2, 0.25) is 0 Å². The van der Waals surface area contributed by atoms with Gasteiger partial charge in [0.15, 0.2) is 0 Å². The summed E-state index contributed by atoms with van der Waals surface area (Å²) < 4.78 is 81.9. The van der Waals surface area contributed by atoms with Gasteiger partial charge in [-0.25, -0.2) is 13.2 Å². The Morgan fingerprint density at radius 2 is 1.57 bits per heavy atom. The maximum atomic E-state index is 14.3. The van der Waals surface area contributed by atoms with Gasteiger partial charge in [0.2, 0.25) is 0 Å². The van der Waals surface area contributed by atoms with Crippen LogP contribution in [-0.4, -0.2) is 35.0 Å². The second-order valence-corrected chi connectivity index (χ2v) is 9.79. The lowest BCUT2D eigenvalue weighted by atomic mass is 9.85. The lowest BCUT2D eigenvalue weighted by molar-refractivity contribution is -0.140. The summed E-state index contributed by atoms with van der Waals surface area (Å²) in [5.74, 6) is -4.41. The van der Waals surface area contributed by atoms with Crippen molar-refractivity contribution in [2.75, 3.05) is 13.1 Å². The van der Waals surface area contributed by atoms with Crippen LogP contribution in [0.5, 0.6) is 0 Å². The smallest absolute Gasteiger partial charge is 0.416 e. The summed E-state index contributed by atoms with van der Waals surface area (Å²) in [6, 6.07) is 14.1. The van der Waals surface area contributed by atoms with Crippen molar-refractivity contribution in [3.63, 3.8) is 0 Å². The molecular weight excluding hydrogens is 496 g/mol. The number of aliphatic carboxylic acids is 1. The molecule has 5 rings (SSSR count). The fourth-order valence-corrected chi connectivity index (χ4v) is 5.15. The van der Waals surface area contributed by atoms with Gasteiger partial charge in [0.25, 0.3) is 5.92 Å². The maximum Gasteiger partial charge on any atom is 0.416 e. The van der Waals surface area contributed by atoms with E-state index in [0.29, 0.717) is 40.7 Å². The summed E-state index contributed by atoms with van der Waals surface area (Å²) in [5.41, 5.74) is 0.488. The molecule has 1 aliphatic heterocycles. The Balaban J connectivity index is 1.68. The molecule has 1 unspecified atom stereocenters. The third kappa shape index (κ3) is 4.84. The Hall–Kier alpha value is -3.33. The molecule has 1 saturated carbocycles. The van der Waals surface area contributed by atoms with Crippen molar-refractivity contribution in [1.82, 2.24) is 4.90 Å². The van der Waals surface area contributed by atoms with Gasteiger partial charge in [0.05, 0.1) is 23.6 Å². The van der Waals surface area contributed by atoms with E-state index in [1.807, 2.05) is 0 Å². The summed E-state index contributed by atoms with van der Waals surface area (Å²) in [5, 5.41) is 9.81. The summed E-state index contributed by atoms with van der Waals surface area (Å²) in [4.78, 5) is 13.6. The van der Waals surface area contributed by atoms with Crippen molar-refractivity contribution in [2.24, 2.45) is 0 Å². The molecule has 0 aromatic heterocycles. The predicted octanol–water partition coefficient (Wildman–Crippen LogP) is 7.06. The molecule has 1 N–H and O–H groups in total. The minimum absolute atomic E-state index is 0.0578. The fourth-order valence-electron chi connectivity index (χ4n) is 5.15. The number of hydrogen-bond acceptors (Lipinski definition) is 2. The number of carbonyl (C=O) groups is 1. The monoisotopic (exact) mass is 519 g/mol. The molecule has 3 nitrogen and oxygen atoms in total. The zero-order chi connectivity index (χ0) is 26.6. The number of alkyl halides is 5. The molecular formula is C28H23F6NO2. The quantitative estimate of drug-likeness (QED) is 0.355. The van der Waals surface area contributed by atoms with Crippen molar-refractivity contribution in [2.45, 2.75) is 42.8 Å². The van der Waals surface area contributed by atoms with E-state index in [4.69, 9.17) is 0 Å². The van der Waals surface area contributed by atoms with E-state index < -0.39 is 47.5 Å². The molecule has 9 heteroatoms. The van der Waals surface area contributed by atoms with Crippen LogP contribution in [0.15, 0.2) is 66.7 Å². The average molecular weight is 519 g/mol. The van der Waals surface area contributed by atoms with Crippen LogP contribution in [0.4, 0.5) is 26.3 Å². The van der Waals surface area contributed by atoms with Crippen LogP contribution in [0.1, 0.15) is 47.6 Å². The third-order valence-corrected chi connectivity index (χ3v) is 7.33. The Bertz CT molecular complexity index is 1310. The van der Waals surface area contributed by atoms with Crippen LogP contribution in [0.25, 0.3) is 11.1 Å². The van der Waals surface area contributed by atoms with E-state index in [2.05, 4.69) is 0 Å². The first kappa shape index (κ1) is 25.3. The van der Waals surface area contributed by atoms with Crippen molar-refractivity contribution < 1.29 is 36.2 Å². The molecule has 0 radical (unpaired) electrons. The van der Waals surface area contributed by atoms with Gasteiger partial charge >= 0.3 is 12.1 Å². The summed E-state index contributed by atoms with van der Waals surface area (Å²) in [6.07, 6.45) is -4.05. The normalized spacial score (nSPS) is 19.5. The largest absolute Gasteiger partial charge is 0.481 e. The maximum absolute atomic E-state index is 14.3. The lowest BCUT2D eigenvalue weighted by Crippen LogP contribution is -2.31. The third-order valence-electron chi connectivity index (χ3n) is 7.33. The number of hydrogen-bond donors (Lipinski definition) is 1. The molecule has 0 bridgehead atoms. The number of benzene rings is 3. The zero-order valence-electron chi connectivity index (χ0n) is 19.5. The minimum atomic E-state index is -4.54. The molecule has 1 aliphatic carbocycles. The van der Waals surface area contributed by atoms with E-state index in [1.54, 1.807) is 23.1 Å². The van der Waals surface area contributed by atoms with Crippen LogP contribution in [-0.2, 0) is 16.4 Å². The number of nitrogens with zero attached hydrogens (tertiary/aromatic N) is 1. The number of likely N-dealkylation sites (tertiary alicyclic amines) is 1.